The van der Waals surface area contributed by atoms with Crippen molar-refractivity contribution in [1.82, 2.24) is 19.7 Å². The SMILES string of the molecule is Cc1cc(C)c2nc(NC(=O)c3ccc(-n4cncn4)cc3)sc2c1. The molecule has 124 valence electrons. The highest BCUT2D eigenvalue weighted by atomic mass is 32.1. The number of aryl methyl sites for hydroxylation is 2. The van der Waals surface area contributed by atoms with E-state index in [0.29, 0.717) is 10.7 Å². The summed E-state index contributed by atoms with van der Waals surface area (Å²) in [5.74, 6) is -0.182. The number of amides is 1. The second kappa shape index (κ2) is 6.10. The predicted molar refractivity (Wildman–Crippen MR) is 98.4 cm³/mol. The molecule has 0 saturated carbocycles. The number of hydrogen-bond donors (Lipinski definition) is 1. The quantitative estimate of drug-likeness (QED) is 0.611. The number of thiazole rings is 1. The molecule has 1 N–H and O–H groups in total. The average molecular weight is 349 g/mol. The summed E-state index contributed by atoms with van der Waals surface area (Å²) in [4.78, 5) is 20.9. The molecule has 0 fully saturated rings. The molecule has 0 radical (unpaired) electrons. The molecule has 6 nitrogen and oxygen atoms in total. The van der Waals surface area contributed by atoms with Crippen LogP contribution in [0, 0.1) is 13.8 Å². The van der Waals surface area contributed by atoms with E-state index in [9.17, 15) is 4.79 Å². The van der Waals surface area contributed by atoms with Crippen LogP contribution in [0.3, 0.4) is 0 Å². The van der Waals surface area contributed by atoms with Gasteiger partial charge in [-0.3, -0.25) is 10.1 Å². The van der Waals surface area contributed by atoms with E-state index in [2.05, 4.69) is 39.4 Å². The van der Waals surface area contributed by atoms with Gasteiger partial charge in [-0.15, -0.1) is 0 Å². The van der Waals surface area contributed by atoms with E-state index >= 15 is 0 Å². The van der Waals surface area contributed by atoms with Crippen LogP contribution in [0.2, 0.25) is 0 Å². The lowest BCUT2D eigenvalue weighted by atomic mass is 10.1. The third kappa shape index (κ3) is 3.01. The highest BCUT2D eigenvalue weighted by molar-refractivity contribution is 7.22. The van der Waals surface area contributed by atoms with Gasteiger partial charge in [0.2, 0.25) is 0 Å². The van der Waals surface area contributed by atoms with E-state index in [1.807, 2.05) is 19.1 Å². The summed E-state index contributed by atoms with van der Waals surface area (Å²) in [6.45, 7) is 4.09. The molecule has 2 aromatic heterocycles. The number of nitrogens with one attached hydrogen (secondary N) is 1. The fraction of sp³-hybridized carbons (Fsp3) is 0.111. The number of aromatic nitrogens is 4. The number of rotatable bonds is 3. The van der Waals surface area contributed by atoms with Crippen molar-refractivity contribution in [2.24, 2.45) is 0 Å². The fourth-order valence-electron chi connectivity index (χ4n) is 2.70. The Morgan fingerprint density at radius 3 is 2.68 bits per heavy atom. The molecule has 0 saturated heterocycles. The molecule has 4 aromatic rings. The van der Waals surface area contributed by atoms with E-state index in [-0.39, 0.29) is 5.91 Å². The minimum atomic E-state index is -0.182. The van der Waals surface area contributed by atoms with E-state index < -0.39 is 0 Å². The van der Waals surface area contributed by atoms with Crippen LogP contribution in [-0.4, -0.2) is 25.7 Å². The molecule has 1 amide bonds. The maximum absolute atomic E-state index is 12.5. The number of carbonyl (C=O) groups excluding carboxylic acids is 1. The van der Waals surface area contributed by atoms with Crippen molar-refractivity contribution >= 4 is 32.6 Å². The lowest BCUT2D eigenvalue weighted by molar-refractivity contribution is 0.102. The summed E-state index contributed by atoms with van der Waals surface area (Å²) >= 11 is 1.48. The zero-order chi connectivity index (χ0) is 17.4. The van der Waals surface area contributed by atoms with Gasteiger partial charge in [-0.25, -0.2) is 14.6 Å². The number of fused-ring (bicyclic) bond motifs is 1. The molecule has 0 atom stereocenters. The number of anilines is 1. The maximum Gasteiger partial charge on any atom is 0.257 e. The van der Waals surface area contributed by atoms with Crippen LogP contribution in [0.15, 0.2) is 49.1 Å². The first-order chi connectivity index (χ1) is 12.1. The number of carbonyl (C=O) groups is 1. The van der Waals surface area contributed by atoms with Crippen molar-refractivity contribution in [2.75, 3.05) is 5.32 Å². The summed E-state index contributed by atoms with van der Waals surface area (Å²) in [6, 6.07) is 11.4. The van der Waals surface area contributed by atoms with Crippen molar-refractivity contribution in [2.45, 2.75) is 13.8 Å². The molecule has 2 aromatic carbocycles. The zero-order valence-corrected chi connectivity index (χ0v) is 14.5. The van der Waals surface area contributed by atoms with Crippen LogP contribution >= 0.6 is 11.3 Å². The molecule has 0 spiro atoms. The van der Waals surface area contributed by atoms with Crippen molar-refractivity contribution in [1.29, 1.82) is 0 Å². The molecule has 0 aliphatic carbocycles. The molecular weight excluding hydrogens is 334 g/mol. The first kappa shape index (κ1) is 15.5. The molecular formula is C18H15N5OS. The van der Waals surface area contributed by atoms with Crippen LogP contribution in [0.5, 0.6) is 0 Å². The van der Waals surface area contributed by atoms with Gasteiger partial charge < -0.3 is 0 Å². The van der Waals surface area contributed by atoms with Gasteiger partial charge in [-0.1, -0.05) is 17.4 Å². The maximum atomic E-state index is 12.5. The number of hydrogen-bond acceptors (Lipinski definition) is 5. The predicted octanol–water partition coefficient (Wildman–Crippen LogP) is 3.75. The normalized spacial score (nSPS) is 11.0. The van der Waals surface area contributed by atoms with Crippen LogP contribution < -0.4 is 5.32 Å². The standard InChI is InChI=1S/C18H15N5OS/c1-11-7-12(2)16-15(8-11)25-18(21-16)22-17(24)13-3-5-14(6-4-13)23-10-19-9-20-23/h3-10H,1-2H3,(H,21,22,24). The smallest absolute Gasteiger partial charge is 0.257 e. The van der Waals surface area contributed by atoms with E-state index in [1.54, 1.807) is 23.1 Å². The van der Waals surface area contributed by atoms with Crippen molar-refractivity contribution < 1.29 is 4.79 Å². The van der Waals surface area contributed by atoms with Gasteiger partial charge in [0.05, 0.1) is 15.9 Å². The van der Waals surface area contributed by atoms with Gasteiger partial charge in [-0.05, 0) is 55.3 Å². The van der Waals surface area contributed by atoms with Gasteiger partial charge >= 0.3 is 0 Å². The van der Waals surface area contributed by atoms with Gasteiger partial charge in [0.1, 0.15) is 12.7 Å². The van der Waals surface area contributed by atoms with E-state index in [4.69, 9.17) is 0 Å². The first-order valence-electron chi connectivity index (χ1n) is 7.74. The molecule has 0 unspecified atom stereocenters. The lowest BCUT2D eigenvalue weighted by Crippen LogP contribution is -2.11. The molecule has 0 aliphatic rings. The Kier molecular flexibility index (Phi) is 3.77. The van der Waals surface area contributed by atoms with Crippen molar-refractivity contribution in [3.63, 3.8) is 0 Å². The van der Waals surface area contributed by atoms with Gasteiger partial charge in [-0.2, -0.15) is 5.10 Å². The van der Waals surface area contributed by atoms with Crippen LogP contribution in [0.25, 0.3) is 15.9 Å². The lowest BCUT2D eigenvalue weighted by Gasteiger charge is -2.03. The van der Waals surface area contributed by atoms with Crippen LogP contribution in [-0.2, 0) is 0 Å². The van der Waals surface area contributed by atoms with Crippen LogP contribution in [0.1, 0.15) is 21.5 Å². The monoisotopic (exact) mass is 349 g/mol. The molecule has 7 heteroatoms. The van der Waals surface area contributed by atoms with E-state index in [1.165, 1.54) is 23.2 Å². The van der Waals surface area contributed by atoms with Crippen molar-refractivity contribution in [3.8, 4) is 5.69 Å². The van der Waals surface area contributed by atoms with Gasteiger partial charge in [0, 0.05) is 5.56 Å². The second-order valence-electron chi connectivity index (χ2n) is 5.79. The fourth-order valence-corrected chi connectivity index (χ4v) is 3.74. The minimum Gasteiger partial charge on any atom is -0.298 e. The highest BCUT2D eigenvalue weighted by Crippen LogP contribution is 2.29. The Balaban J connectivity index is 1.56. The third-order valence-corrected chi connectivity index (χ3v) is 4.78. The Morgan fingerprint density at radius 2 is 1.96 bits per heavy atom. The average Bonchev–Trinajstić information content (AvgIpc) is 3.24. The van der Waals surface area contributed by atoms with Gasteiger partial charge in [0.15, 0.2) is 5.13 Å². The number of nitrogens with zero attached hydrogens (tertiary/aromatic N) is 4. The second-order valence-corrected chi connectivity index (χ2v) is 6.82. The highest BCUT2D eigenvalue weighted by Gasteiger charge is 2.12. The summed E-state index contributed by atoms with van der Waals surface area (Å²) < 4.78 is 2.72. The molecule has 4 rings (SSSR count). The summed E-state index contributed by atoms with van der Waals surface area (Å²) in [7, 11) is 0. The van der Waals surface area contributed by atoms with Gasteiger partial charge in [0.25, 0.3) is 5.91 Å². The molecule has 25 heavy (non-hydrogen) atoms. The van der Waals surface area contributed by atoms with E-state index in [0.717, 1.165) is 21.5 Å². The van der Waals surface area contributed by atoms with Crippen molar-refractivity contribution in [3.05, 3.63) is 65.7 Å². The van der Waals surface area contributed by atoms with Crippen LogP contribution in [0.4, 0.5) is 5.13 Å². The Labute approximate surface area is 148 Å². The minimum absolute atomic E-state index is 0.182. The molecule has 0 aliphatic heterocycles. The summed E-state index contributed by atoms with van der Waals surface area (Å²) in [5, 5.41) is 7.55. The molecule has 0 bridgehead atoms. The number of benzene rings is 2. The first-order valence-corrected chi connectivity index (χ1v) is 8.56. The Bertz CT molecular complexity index is 1050. The zero-order valence-electron chi connectivity index (χ0n) is 13.7. The summed E-state index contributed by atoms with van der Waals surface area (Å²) in [6.07, 6.45) is 3.08. The molecule has 2 heterocycles. The largest absolute Gasteiger partial charge is 0.298 e. The Hall–Kier alpha value is -3.06. The Morgan fingerprint density at radius 1 is 1.16 bits per heavy atom. The third-order valence-electron chi connectivity index (χ3n) is 3.86. The summed E-state index contributed by atoms with van der Waals surface area (Å²) in [5.41, 5.74) is 4.66. The topological polar surface area (TPSA) is 72.7 Å².